The summed E-state index contributed by atoms with van der Waals surface area (Å²) >= 11 is 0. The van der Waals surface area contributed by atoms with Gasteiger partial charge in [0.2, 0.25) is 5.91 Å². The van der Waals surface area contributed by atoms with Crippen LogP contribution in [-0.4, -0.2) is 45.1 Å². The molecule has 1 aromatic heterocycles. The van der Waals surface area contributed by atoms with Crippen LogP contribution in [0.1, 0.15) is 32.6 Å². The molecule has 1 aromatic carbocycles. The Bertz CT molecular complexity index is 847. The summed E-state index contributed by atoms with van der Waals surface area (Å²) in [6, 6.07) is 9.07. The molecular weight excluding hydrogens is 352 g/mol. The first-order valence-electron chi connectivity index (χ1n) is 9.28. The van der Waals surface area contributed by atoms with E-state index in [1.54, 1.807) is 9.13 Å². The Morgan fingerprint density at radius 3 is 2.31 bits per heavy atom. The first-order valence-corrected chi connectivity index (χ1v) is 9.28. The predicted octanol–water partition coefficient (Wildman–Crippen LogP) is 1.99. The maximum Gasteiger partial charge on any atom is 0.329 e. The lowest BCUT2D eigenvalue weighted by molar-refractivity contribution is -0.133. The normalized spacial score (nSPS) is 24.5. The second-order valence-electron chi connectivity index (χ2n) is 7.37. The Morgan fingerprint density at radius 1 is 1.15 bits per heavy atom. The summed E-state index contributed by atoms with van der Waals surface area (Å²) in [5, 5.41) is 3.61. The number of aryl methyl sites for hydroxylation is 1. The zero-order valence-electron chi connectivity index (χ0n) is 15.4. The predicted molar refractivity (Wildman–Crippen MR) is 105 cm³/mol. The Hall–Kier alpha value is -1.79. The minimum atomic E-state index is -0.101. The number of fused-ring (bicyclic) bond motifs is 3. The lowest BCUT2D eigenvalue weighted by Gasteiger charge is -2.35. The molecule has 0 saturated carbocycles. The number of benzene rings is 1. The van der Waals surface area contributed by atoms with Crippen molar-refractivity contribution in [2.75, 3.05) is 7.05 Å². The van der Waals surface area contributed by atoms with E-state index in [-0.39, 0.29) is 36.6 Å². The number of carbonyl (C=O) groups is 1. The van der Waals surface area contributed by atoms with Gasteiger partial charge in [0.05, 0.1) is 11.0 Å². The molecule has 2 unspecified atom stereocenters. The van der Waals surface area contributed by atoms with E-state index in [0.717, 1.165) is 23.9 Å². The molecule has 7 heteroatoms. The molecule has 1 N–H and O–H groups in total. The minimum Gasteiger partial charge on any atom is -0.341 e. The van der Waals surface area contributed by atoms with Crippen molar-refractivity contribution in [2.45, 2.75) is 63.8 Å². The molecule has 26 heavy (non-hydrogen) atoms. The molecule has 1 amide bonds. The van der Waals surface area contributed by atoms with E-state index in [2.05, 4.69) is 5.32 Å². The van der Waals surface area contributed by atoms with Gasteiger partial charge in [-0.05, 0) is 44.7 Å². The van der Waals surface area contributed by atoms with Crippen LogP contribution in [0.5, 0.6) is 0 Å². The van der Waals surface area contributed by atoms with E-state index >= 15 is 0 Å². The van der Waals surface area contributed by atoms with Gasteiger partial charge in [0.15, 0.2) is 0 Å². The van der Waals surface area contributed by atoms with Gasteiger partial charge in [-0.3, -0.25) is 13.9 Å². The lowest BCUT2D eigenvalue weighted by atomic mass is 9.98. The van der Waals surface area contributed by atoms with Crippen molar-refractivity contribution in [1.29, 1.82) is 0 Å². The van der Waals surface area contributed by atoms with Gasteiger partial charge in [0, 0.05) is 31.7 Å². The zero-order chi connectivity index (χ0) is 17.6. The second kappa shape index (κ2) is 7.45. The van der Waals surface area contributed by atoms with Crippen LogP contribution in [0.15, 0.2) is 29.1 Å². The van der Waals surface area contributed by atoms with E-state index in [4.69, 9.17) is 0 Å². The van der Waals surface area contributed by atoms with Crippen LogP contribution in [0.4, 0.5) is 0 Å². The van der Waals surface area contributed by atoms with Crippen molar-refractivity contribution in [3.05, 3.63) is 34.7 Å². The highest BCUT2D eigenvalue weighted by Crippen LogP contribution is 2.29. The van der Waals surface area contributed by atoms with Crippen molar-refractivity contribution >= 4 is 29.3 Å². The number of nitrogens with one attached hydrogen (secondary N) is 1. The van der Waals surface area contributed by atoms with E-state index in [1.165, 1.54) is 12.8 Å². The average molecular weight is 379 g/mol. The van der Waals surface area contributed by atoms with Crippen molar-refractivity contribution in [1.82, 2.24) is 19.4 Å². The highest BCUT2D eigenvalue weighted by molar-refractivity contribution is 5.85. The molecule has 2 saturated heterocycles. The standard InChI is InChI=1S/C19H26N4O2.ClH/c1-3-22-16-6-4-5-7-17(16)23(19(22)25)12-18(24)21(2)15-10-13-8-9-14(11-15)20-13;/h4-7,13-15,20H,3,8-12H2,1-2H3;1H. The van der Waals surface area contributed by atoms with Crippen LogP contribution in [0, 0.1) is 0 Å². The first kappa shape index (κ1) is 19.0. The quantitative estimate of drug-likeness (QED) is 0.885. The average Bonchev–Trinajstić information content (AvgIpc) is 3.10. The number of hydrogen-bond acceptors (Lipinski definition) is 3. The van der Waals surface area contributed by atoms with Crippen molar-refractivity contribution in [3.8, 4) is 0 Å². The summed E-state index contributed by atoms with van der Waals surface area (Å²) in [5.41, 5.74) is 1.63. The lowest BCUT2D eigenvalue weighted by Crippen LogP contribution is -2.49. The zero-order valence-corrected chi connectivity index (χ0v) is 16.2. The van der Waals surface area contributed by atoms with Gasteiger partial charge in [-0.2, -0.15) is 0 Å². The molecule has 2 fully saturated rings. The summed E-state index contributed by atoms with van der Waals surface area (Å²) in [6.45, 7) is 2.67. The summed E-state index contributed by atoms with van der Waals surface area (Å²) in [7, 11) is 1.89. The van der Waals surface area contributed by atoms with Gasteiger partial charge in [-0.25, -0.2) is 4.79 Å². The molecule has 0 spiro atoms. The number of piperidine rings is 1. The molecule has 4 rings (SSSR count). The number of aromatic nitrogens is 2. The molecule has 2 bridgehead atoms. The Balaban J connectivity index is 0.00000196. The van der Waals surface area contributed by atoms with Gasteiger partial charge in [-0.15, -0.1) is 12.4 Å². The molecule has 2 aliphatic heterocycles. The van der Waals surface area contributed by atoms with E-state index < -0.39 is 0 Å². The highest BCUT2D eigenvalue weighted by Gasteiger charge is 2.36. The summed E-state index contributed by atoms with van der Waals surface area (Å²) < 4.78 is 3.35. The summed E-state index contributed by atoms with van der Waals surface area (Å²) in [4.78, 5) is 27.5. The first-order chi connectivity index (χ1) is 12.1. The Labute approximate surface area is 159 Å². The van der Waals surface area contributed by atoms with Crippen LogP contribution in [0.2, 0.25) is 0 Å². The largest absolute Gasteiger partial charge is 0.341 e. The fourth-order valence-corrected chi connectivity index (χ4v) is 4.52. The van der Waals surface area contributed by atoms with Crippen molar-refractivity contribution < 1.29 is 4.79 Å². The minimum absolute atomic E-state index is 0. The van der Waals surface area contributed by atoms with Gasteiger partial charge >= 0.3 is 5.69 Å². The number of nitrogens with zero attached hydrogens (tertiary/aromatic N) is 3. The molecule has 2 aliphatic rings. The van der Waals surface area contributed by atoms with Crippen LogP contribution in [-0.2, 0) is 17.9 Å². The van der Waals surface area contributed by atoms with Gasteiger partial charge < -0.3 is 10.2 Å². The van der Waals surface area contributed by atoms with E-state index in [9.17, 15) is 9.59 Å². The van der Waals surface area contributed by atoms with Gasteiger partial charge in [0.1, 0.15) is 6.54 Å². The number of rotatable bonds is 4. The van der Waals surface area contributed by atoms with Crippen molar-refractivity contribution in [3.63, 3.8) is 0 Å². The Morgan fingerprint density at radius 2 is 1.73 bits per heavy atom. The number of hydrogen-bond donors (Lipinski definition) is 1. The maximum absolute atomic E-state index is 12.9. The molecule has 0 aliphatic carbocycles. The topological polar surface area (TPSA) is 59.3 Å². The van der Waals surface area contributed by atoms with Crippen molar-refractivity contribution in [2.24, 2.45) is 0 Å². The molecule has 6 nitrogen and oxygen atoms in total. The third-order valence-corrected chi connectivity index (χ3v) is 5.92. The number of carbonyl (C=O) groups excluding carboxylic acids is 1. The number of para-hydroxylation sites is 2. The monoisotopic (exact) mass is 378 g/mol. The third kappa shape index (κ3) is 3.16. The maximum atomic E-state index is 12.9. The number of likely N-dealkylation sites (N-methyl/N-ethyl adjacent to an activating group) is 1. The third-order valence-electron chi connectivity index (χ3n) is 5.92. The second-order valence-corrected chi connectivity index (χ2v) is 7.37. The molecule has 0 radical (unpaired) electrons. The number of amides is 1. The van der Waals surface area contributed by atoms with Crippen LogP contribution >= 0.6 is 12.4 Å². The van der Waals surface area contributed by atoms with Crippen LogP contribution in [0.3, 0.4) is 0 Å². The number of halogens is 1. The Kier molecular flexibility index (Phi) is 5.44. The van der Waals surface area contributed by atoms with E-state index in [0.29, 0.717) is 18.6 Å². The van der Waals surface area contributed by atoms with Crippen LogP contribution < -0.4 is 11.0 Å². The smallest absolute Gasteiger partial charge is 0.329 e. The van der Waals surface area contributed by atoms with Crippen LogP contribution in [0.25, 0.3) is 11.0 Å². The molecule has 3 heterocycles. The highest BCUT2D eigenvalue weighted by atomic mass is 35.5. The fourth-order valence-electron chi connectivity index (χ4n) is 4.52. The SMILES string of the molecule is CCn1c(=O)n(CC(=O)N(C)C2CC3CCC(C2)N3)c2ccccc21.Cl. The number of imidazole rings is 1. The van der Waals surface area contributed by atoms with Gasteiger partial charge in [0.25, 0.3) is 0 Å². The molecular formula is C19H27ClN4O2. The summed E-state index contributed by atoms with van der Waals surface area (Å²) in [6.07, 6.45) is 4.47. The molecule has 2 atom stereocenters. The summed E-state index contributed by atoms with van der Waals surface area (Å²) in [5.74, 6) is 0.0207. The van der Waals surface area contributed by atoms with E-state index in [1.807, 2.05) is 43.1 Å². The fraction of sp³-hybridized carbons (Fsp3) is 0.579. The molecule has 142 valence electrons. The molecule has 2 aromatic rings. The van der Waals surface area contributed by atoms with Gasteiger partial charge in [-0.1, -0.05) is 12.1 Å².